The molecule has 1 rings (SSSR count). The lowest BCUT2D eigenvalue weighted by Gasteiger charge is -2.04. The van der Waals surface area contributed by atoms with Gasteiger partial charge in [-0.2, -0.15) is 13.2 Å². The number of carboxylic acid groups (broad SMARTS) is 1. The number of aromatic nitrogens is 2. The first kappa shape index (κ1) is 14.5. The van der Waals surface area contributed by atoms with E-state index >= 15 is 0 Å². The third-order valence-corrected chi connectivity index (χ3v) is 2.18. The van der Waals surface area contributed by atoms with Crippen molar-refractivity contribution in [3.8, 4) is 0 Å². The summed E-state index contributed by atoms with van der Waals surface area (Å²) < 4.78 is 40.9. The van der Waals surface area contributed by atoms with Crippen LogP contribution in [0, 0.1) is 5.92 Å². The van der Waals surface area contributed by atoms with E-state index in [2.05, 4.69) is 10.2 Å². The molecule has 1 unspecified atom stereocenters. The van der Waals surface area contributed by atoms with Crippen molar-refractivity contribution in [3.05, 3.63) is 11.8 Å². The Labute approximate surface area is 101 Å². The third-order valence-electron chi connectivity index (χ3n) is 2.18. The van der Waals surface area contributed by atoms with Gasteiger partial charge >= 0.3 is 12.1 Å². The van der Waals surface area contributed by atoms with Crippen LogP contribution in [0.3, 0.4) is 0 Å². The fourth-order valence-electron chi connectivity index (χ4n) is 1.39. The number of carbonyl (C=O) groups is 1. The van der Waals surface area contributed by atoms with Crippen LogP contribution in [0.15, 0.2) is 4.42 Å². The molecule has 0 fully saturated rings. The highest BCUT2D eigenvalue weighted by atomic mass is 19.4. The first-order valence-corrected chi connectivity index (χ1v) is 5.36. The average Bonchev–Trinajstić information content (AvgIpc) is 2.60. The smallest absolute Gasteiger partial charge is 0.389 e. The van der Waals surface area contributed by atoms with E-state index in [0.29, 0.717) is 0 Å². The summed E-state index contributed by atoms with van der Waals surface area (Å²) in [6, 6.07) is 0. The number of aryl methyl sites for hydroxylation is 1. The van der Waals surface area contributed by atoms with Crippen LogP contribution in [0.5, 0.6) is 0 Å². The Morgan fingerprint density at radius 1 is 1.39 bits per heavy atom. The predicted molar refractivity (Wildman–Crippen MR) is 53.8 cm³/mol. The van der Waals surface area contributed by atoms with Gasteiger partial charge in [0, 0.05) is 19.3 Å². The second-order valence-corrected chi connectivity index (χ2v) is 4.11. The summed E-state index contributed by atoms with van der Waals surface area (Å²) in [4.78, 5) is 10.4. The molecule has 18 heavy (non-hydrogen) atoms. The first-order valence-electron chi connectivity index (χ1n) is 5.36. The molecule has 5 nitrogen and oxygen atoms in total. The Balaban J connectivity index is 2.45. The minimum Gasteiger partial charge on any atom is -0.481 e. The second-order valence-electron chi connectivity index (χ2n) is 4.11. The molecular formula is C10H13F3N2O3. The van der Waals surface area contributed by atoms with E-state index in [-0.39, 0.29) is 37.0 Å². The Bertz CT molecular complexity index is 403. The molecule has 0 saturated carbocycles. The van der Waals surface area contributed by atoms with Gasteiger partial charge in [0.1, 0.15) is 0 Å². The molecule has 0 radical (unpaired) electrons. The van der Waals surface area contributed by atoms with Crippen molar-refractivity contribution in [2.24, 2.45) is 5.92 Å². The van der Waals surface area contributed by atoms with Crippen molar-refractivity contribution in [3.63, 3.8) is 0 Å². The fraction of sp³-hybridized carbons (Fsp3) is 0.700. The molecule has 0 aliphatic carbocycles. The minimum atomic E-state index is -4.26. The Morgan fingerprint density at radius 3 is 2.56 bits per heavy atom. The normalized spacial score (nSPS) is 13.6. The molecule has 0 spiro atoms. The van der Waals surface area contributed by atoms with Gasteiger partial charge in [-0.05, 0) is 5.92 Å². The zero-order chi connectivity index (χ0) is 13.8. The van der Waals surface area contributed by atoms with Gasteiger partial charge in [0.2, 0.25) is 11.8 Å². The number of aliphatic carboxylic acids is 1. The van der Waals surface area contributed by atoms with Gasteiger partial charge in [0.05, 0.1) is 6.42 Å². The van der Waals surface area contributed by atoms with Crippen molar-refractivity contribution in [2.45, 2.75) is 38.8 Å². The van der Waals surface area contributed by atoms with Crippen LogP contribution in [0.4, 0.5) is 13.2 Å². The molecule has 0 bridgehead atoms. The Hall–Kier alpha value is -1.60. The summed E-state index contributed by atoms with van der Waals surface area (Å²) in [6.45, 7) is 1.69. The molecule has 0 aromatic carbocycles. The largest absolute Gasteiger partial charge is 0.481 e. The molecule has 1 aromatic heterocycles. The highest BCUT2D eigenvalue weighted by molar-refractivity contribution is 5.66. The standard InChI is InChI=1S/C10H13F3N2O3/c1-6(5-9(16)17)4-8-15-14-7(18-8)2-3-10(11,12)13/h6H,2-5H2,1H3,(H,16,17). The van der Waals surface area contributed by atoms with Crippen molar-refractivity contribution in [2.75, 3.05) is 0 Å². The topological polar surface area (TPSA) is 76.2 Å². The Kier molecular flexibility index (Phi) is 4.69. The van der Waals surface area contributed by atoms with Crippen LogP contribution in [0.25, 0.3) is 0 Å². The van der Waals surface area contributed by atoms with E-state index < -0.39 is 18.6 Å². The summed E-state index contributed by atoms with van der Waals surface area (Å²) in [7, 11) is 0. The number of nitrogens with zero attached hydrogens (tertiary/aromatic N) is 2. The van der Waals surface area contributed by atoms with Gasteiger partial charge < -0.3 is 9.52 Å². The quantitative estimate of drug-likeness (QED) is 0.854. The molecule has 102 valence electrons. The molecule has 1 heterocycles. The number of carboxylic acids is 1. The van der Waals surface area contributed by atoms with Crippen LogP contribution >= 0.6 is 0 Å². The van der Waals surface area contributed by atoms with E-state index in [9.17, 15) is 18.0 Å². The number of alkyl halides is 3. The molecular weight excluding hydrogens is 253 g/mol. The summed E-state index contributed by atoms with van der Waals surface area (Å²) >= 11 is 0. The van der Waals surface area contributed by atoms with Gasteiger partial charge in [-0.1, -0.05) is 6.92 Å². The lowest BCUT2D eigenvalue weighted by Crippen LogP contribution is -2.08. The highest BCUT2D eigenvalue weighted by Crippen LogP contribution is 2.22. The summed E-state index contributed by atoms with van der Waals surface area (Å²) in [5.41, 5.74) is 0. The average molecular weight is 266 g/mol. The minimum absolute atomic E-state index is 0.0553. The van der Waals surface area contributed by atoms with Crippen LogP contribution in [0.1, 0.15) is 31.5 Å². The highest BCUT2D eigenvalue weighted by Gasteiger charge is 2.27. The maximum Gasteiger partial charge on any atom is 0.389 e. The van der Waals surface area contributed by atoms with Gasteiger partial charge in [-0.3, -0.25) is 4.79 Å². The van der Waals surface area contributed by atoms with Gasteiger partial charge in [-0.25, -0.2) is 0 Å². The molecule has 1 N–H and O–H groups in total. The molecule has 0 saturated heterocycles. The summed E-state index contributed by atoms with van der Waals surface area (Å²) in [6.07, 6.45) is -5.44. The molecule has 0 amide bonds. The lowest BCUT2D eigenvalue weighted by molar-refractivity contribution is -0.138. The van der Waals surface area contributed by atoms with E-state index in [0.717, 1.165) is 0 Å². The van der Waals surface area contributed by atoms with E-state index in [1.807, 2.05) is 0 Å². The maximum atomic E-state index is 11.9. The lowest BCUT2D eigenvalue weighted by atomic mass is 10.0. The van der Waals surface area contributed by atoms with Crippen LogP contribution in [-0.2, 0) is 17.6 Å². The number of halogens is 3. The van der Waals surface area contributed by atoms with Crippen molar-refractivity contribution >= 4 is 5.97 Å². The third kappa shape index (κ3) is 5.65. The van der Waals surface area contributed by atoms with Gasteiger partial charge in [-0.15, -0.1) is 10.2 Å². The summed E-state index contributed by atoms with van der Waals surface area (Å²) in [5.74, 6) is -1.07. The monoisotopic (exact) mass is 266 g/mol. The second kappa shape index (κ2) is 5.83. The maximum absolute atomic E-state index is 11.9. The predicted octanol–water partition coefficient (Wildman–Crippen LogP) is 2.22. The molecule has 0 aliphatic heterocycles. The Morgan fingerprint density at radius 2 is 2.00 bits per heavy atom. The molecule has 1 aromatic rings. The molecule has 1 atom stereocenters. The molecule has 8 heteroatoms. The van der Waals surface area contributed by atoms with E-state index in [4.69, 9.17) is 9.52 Å². The van der Waals surface area contributed by atoms with Crippen LogP contribution in [-0.4, -0.2) is 27.4 Å². The number of hydrogen-bond acceptors (Lipinski definition) is 4. The van der Waals surface area contributed by atoms with Crippen LogP contribution in [0.2, 0.25) is 0 Å². The number of hydrogen-bond donors (Lipinski definition) is 1. The fourth-order valence-corrected chi connectivity index (χ4v) is 1.39. The van der Waals surface area contributed by atoms with E-state index in [1.54, 1.807) is 6.92 Å². The zero-order valence-corrected chi connectivity index (χ0v) is 9.70. The van der Waals surface area contributed by atoms with Crippen molar-refractivity contribution in [1.82, 2.24) is 10.2 Å². The SMILES string of the molecule is CC(CC(=O)O)Cc1nnc(CCC(F)(F)F)o1. The summed E-state index contributed by atoms with van der Waals surface area (Å²) in [5, 5.41) is 15.6. The van der Waals surface area contributed by atoms with Crippen molar-refractivity contribution < 1.29 is 27.5 Å². The first-order chi connectivity index (χ1) is 8.26. The van der Waals surface area contributed by atoms with Gasteiger partial charge in [0.15, 0.2) is 0 Å². The zero-order valence-electron chi connectivity index (χ0n) is 9.70. The van der Waals surface area contributed by atoms with E-state index in [1.165, 1.54) is 0 Å². The van der Waals surface area contributed by atoms with Gasteiger partial charge in [0.25, 0.3) is 0 Å². The van der Waals surface area contributed by atoms with Crippen LogP contribution < -0.4 is 0 Å². The van der Waals surface area contributed by atoms with Crippen molar-refractivity contribution in [1.29, 1.82) is 0 Å². The number of rotatable bonds is 6. The molecule has 0 aliphatic rings.